The van der Waals surface area contributed by atoms with Crippen LogP contribution >= 0.6 is 0 Å². The average molecular weight is 204 g/mol. The van der Waals surface area contributed by atoms with E-state index in [1.807, 2.05) is 34.6 Å². The zero-order valence-electron chi connectivity index (χ0n) is 9.62. The van der Waals surface area contributed by atoms with Crippen molar-refractivity contribution in [3.63, 3.8) is 0 Å². The highest BCUT2D eigenvalue weighted by Gasteiger charge is 2.12. The predicted octanol–water partition coefficient (Wildman–Crippen LogP) is 2.57. The number of rotatable bonds is 4. The topological polar surface area (TPSA) is 44.8 Å². The van der Waals surface area contributed by atoms with Crippen molar-refractivity contribution < 1.29 is 19.0 Å². The van der Waals surface area contributed by atoms with E-state index in [1.165, 1.54) is 0 Å². The molecule has 0 aliphatic carbocycles. The molecule has 0 saturated heterocycles. The Bertz CT molecular complexity index is 169. The second-order valence-electron chi connectivity index (χ2n) is 4.47. The molecule has 4 heteroatoms. The van der Waals surface area contributed by atoms with Gasteiger partial charge in [-0.2, -0.15) is 0 Å². The molecule has 0 aliphatic heterocycles. The van der Waals surface area contributed by atoms with Crippen LogP contribution in [-0.2, 0) is 14.2 Å². The van der Waals surface area contributed by atoms with Gasteiger partial charge >= 0.3 is 6.16 Å². The molecule has 0 amide bonds. The Balaban J connectivity index is 3.46. The molecule has 0 radical (unpaired) electrons. The normalized spacial score (nSPS) is 11.6. The number of carbonyl (C=O) groups excluding carboxylic acids is 1. The second kappa shape index (κ2) is 5.86. The third kappa shape index (κ3) is 9.32. The van der Waals surface area contributed by atoms with Crippen LogP contribution < -0.4 is 0 Å². The van der Waals surface area contributed by atoms with E-state index in [0.29, 0.717) is 12.5 Å². The van der Waals surface area contributed by atoms with Gasteiger partial charge in [0.25, 0.3) is 0 Å². The van der Waals surface area contributed by atoms with Gasteiger partial charge < -0.3 is 14.2 Å². The van der Waals surface area contributed by atoms with Crippen molar-refractivity contribution in [2.75, 3.05) is 13.4 Å². The van der Waals surface area contributed by atoms with Crippen LogP contribution in [0, 0.1) is 5.92 Å². The van der Waals surface area contributed by atoms with Crippen LogP contribution in [0.1, 0.15) is 34.6 Å². The van der Waals surface area contributed by atoms with Crippen LogP contribution in [0.25, 0.3) is 0 Å². The van der Waals surface area contributed by atoms with Gasteiger partial charge in [-0.05, 0) is 26.7 Å². The first-order valence-electron chi connectivity index (χ1n) is 4.75. The summed E-state index contributed by atoms with van der Waals surface area (Å²) in [6.07, 6.45) is -0.678. The first-order valence-corrected chi connectivity index (χ1v) is 4.75. The van der Waals surface area contributed by atoms with Gasteiger partial charge in [-0.25, -0.2) is 4.79 Å². The second-order valence-corrected chi connectivity index (χ2v) is 4.47. The lowest BCUT2D eigenvalue weighted by atomic mass is 10.2. The van der Waals surface area contributed by atoms with Gasteiger partial charge in [0, 0.05) is 0 Å². The fourth-order valence-electron chi connectivity index (χ4n) is 0.531. The third-order valence-corrected chi connectivity index (χ3v) is 1.20. The van der Waals surface area contributed by atoms with E-state index in [2.05, 4.69) is 4.74 Å². The van der Waals surface area contributed by atoms with Crippen LogP contribution in [-0.4, -0.2) is 25.2 Å². The van der Waals surface area contributed by atoms with Crippen molar-refractivity contribution in [1.82, 2.24) is 0 Å². The van der Waals surface area contributed by atoms with Crippen LogP contribution in [0.3, 0.4) is 0 Å². The lowest BCUT2D eigenvalue weighted by Crippen LogP contribution is -2.23. The van der Waals surface area contributed by atoms with Crippen LogP contribution in [0.5, 0.6) is 0 Å². The van der Waals surface area contributed by atoms with E-state index in [-0.39, 0.29) is 12.4 Å². The molecular formula is C10H20O4. The summed E-state index contributed by atoms with van der Waals surface area (Å²) >= 11 is 0. The SMILES string of the molecule is CC(C)COC(=O)OCOC(C)(C)C. The lowest BCUT2D eigenvalue weighted by Gasteiger charge is -2.18. The zero-order chi connectivity index (χ0) is 11.2. The zero-order valence-corrected chi connectivity index (χ0v) is 9.62. The van der Waals surface area contributed by atoms with E-state index in [0.717, 1.165) is 0 Å². The van der Waals surface area contributed by atoms with E-state index in [4.69, 9.17) is 9.47 Å². The molecule has 0 saturated carbocycles. The Morgan fingerprint density at radius 2 is 1.79 bits per heavy atom. The Morgan fingerprint density at radius 3 is 2.21 bits per heavy atom. The van der Waals surface area contributed by atoms with Crippen molar-refractivity contribution >= 4 is 6.16 Å². The van der Waals surface area contributed by atoms with Crippen molar-refractivity contribution in [3.8, 4) is 0 Å². The van der Waals surface area contributed by atoms with Gasteiger partial charge in [-0.15, -0.1) is 0 Å². The first kappa shape index (κ1) is 13.2. The van der Waals surface area contributed by atoms with Crippen molar-refractivity contribution in [3.05, 3.63) is 0 Å². The molecule has 0 fully saturated rings. The number of hydrogen-bond acceptors (Lipinski definition) is 4. The Hall–Kier alpha value is -0.770. The summed E-state index contributed by atoms with van der Waals surface area (Å²) in [6, 6.07) is 0. The van der Waals surface area contributed by atoms with E-state index < -0.39 is 6.16 Å². The predicted molar refractivity (Wildman–Crippen MR) is 53.0 cm³/mol. The van der Waals surface area contributed by atoms with Gasteiger partial charge in [0.1, 0.15) is 0 Å². The summed E-state index contributed by atoms with van der Waals surface area (Å²) < 4.78 is 14.6. The molecule has 0 atom stereocenters. The largest absolute Gasteiger partial charge is 0.510 e. The van der Waals surface area contributed by atoms with E-state index >= 15 is 0 Å². The first-order chi connectivity index (χ1) is 6.31. The number of carbonyl (C=O) groups is 1. The van der Waals surface area contributed by atoms with E-state index in [1.54, 1.807) is 0 Å². The molecule has 0 heterocycles. The molecule has 0 N–H and O–H groups in total. The van der Waals surface area contributed by atoms with Crippen LogP contribution in [0.2, 0.25) is 0 Å². The summed E-state index contributed by atoms with van der Waals surface area (Å²) in [5, 5.41) is 0. The van der Waals surface area contributed by atoms with Gasteiger partial charge in [0.05, 0.1) is 12.2 Å². The maximum absolute atomic E-state index is 10.9. The van der Waals surface area contributed by atoms with Crippen LogP contribution in [0.4, 0.5) is 4.79 Å². The molecule has 0 unspecified atom stereocenters. The smallest absolute Gasteiger partial charge is 0.434 e. The summed E-state index contributed by atoms with van der Waals surface area (Å²) in [5.41, 5.74) is -0.307. The monoisotopic (exact) mass is 204 g/mol. The molecule has 0 rings (SSSR count). The molecule has 0 aliphatic rings. The molecule has 0 bridgehead atoms. The van der Waals surface area contributed by atoms with Crippen molar-refractivity contribution in [2.45, 2.75) is 40.2 Å². The Morgan fingerprint density at radius 1 is 1.21 bits per heavy atom. The van der Waals surface area contributed by atoms with Crippen LogP contribution in [0.15, 0.2) is 0 Å². The minimum Gasteiger partial charge on any atom is -0.434 e. The summed E-state index contributed by atoms with van der Waals surface area (Å²) in [5.74, 6) is 0.311. The highest BCUT2D eigenvalue weighted by Crippen LogP contribution is 2.06. The highest BCUT2D eigenvalue weighted by molar-refractivity contribution is 5.59. The highest BCUT2D eigenvalue weighted by atomic mass is 16.8. The number of hydrogen-bond donors (Lipinski definition) is 0. The molecule has 84 valence electrons. The average Bonchev–Trinajstić information content (AvgIpc) is 1.98. The maximum atomic E-state index is 10.9. The molecule has 0 aromatic heterocycles. The van der Waals surface area contributed by atoms with Crippen molar-refractivity contribution in [1.29, 1.82) is 0 Å². The molecule has 4 nitrogen and oxygen atoms in total. The minimum atomic E-state index is -0.678. The lowest BCUT2D eigenvalue weighted by molar-refractivity contribution is -0.106. The molecule has 14 heavy (non-hydrogen) atoms. The fourth-order valence-corrected chi connectivity index (χ4v) is 0.531. The minimum absolute atomic E-state index is 0.0690. The van der Waals surface area contributed by atoms with Gasteiger partial charge in [-0.3, -0.25) is 0 Å². The van der Waals surface area contributed by atoms with Crippen molar-refractivity contribution in [2.24, 2.45) is 5.92 Å². The van der Waals surface area contributed by atoms with Gasteiger partial charge in [0.2, 0.25) is 0 Å². The molecule has 0 spiro atoms. The van der Waals surface area contributed by atoms with Gasteiger partial charge in [-0.1, -0.05) is 13.8 Å². The molecular weight excluding hydrogens is 184 g/mol. The molecule has 0 aromatic carbocycles. The van der Waals surface area contributed by atoms with E-state index in [9.17, 15) is 4.79 Å². The number of ether oxygens (including phenoxy) is 3. The maximum Gasteiger partial charge on any atom is 0.510 e. The quantitative estimate of drug-likeness (QED) is 0.521. The summed E-state index contributed by atoms with van der Waals surface area (Å²) in [4.78, 5) is 10.9. The van der Waals surface area contributed by atoms with Gasteiger partial charge in [0.15, 0.2) is 6.79 Å². The Kier molecular flexibility index (Phi) is 5.53. The molecule has 0 aromatic rings. The standard InChI is InChI=1S/C10H20O4/c1-8(2)6-12-9(11)13-7-14-10(3,4)5/h8H,6-7H2,1-5H3. The summed E-state index contributed by atoms with van der Waals surface area (Å²) in [7, 11) is 0. The Labute approximate surface area is 85.5 Å². The fraction of sp³-hybridized carbons (Fsp3) is 0.900. The summed E-state index contributed by atoms with van der Waals surface area (Å²) in [6.45, 7) is 9.87. The third-order valence-electron chi connectivity index (χ3n) is 1.20.